The van der Waals surface area contributed by atoms with Crippen molar-refractivity contribution in [3.8, 4) is 0 Å². The molecule has 0 aliphatic rings. The summed E-state index contributed by atoms with van der Waals surface area (Å²) in [5.41, 5.74) is 0. The van der Waals surface area contributed by atoms with E-state index in [9.17, 15) is 43.2 Å². The van der Waals surface area contributed by atoms with Crippen molar-refractivity contribution in [2.75, 3.05) is 39.6 Å². The first kappa shape index (κ1) is 87.1. The second kappa shape index (κ2) is 61.0. The second-order valence-corrected chi connectivity index (χ2v) is 29.1. The number of carbonyl (C=O) groups is 4. The Morgan fingerprint density at radius 2 is 0.573 bits per heavy atom. The molecule has 528 valence electrons. The highest BCUT2D eigenvalue weighted by Gasteiger charge is 2.30. The van der Waals surface area contributed by atoms with Gasteiger partial charge in [-0.25, -0.2) is 9.13 Å². The van der Waals surface area contributed by atoms with E-state index in [1.807, 2.05) is 0 Å². The van der Waals surface area contributed by atoms with Crippen LogP contribution < -0.4 is 0 Å². The zero-order valence-corrected chi connectivity index (χ0v) is 59.7. The van der Waals surface area contributed by atoms with Crippen LogP contribution in [-0.2, 0) is 65.4 Å². The van der Waals surface area contributed by atoms with Crippen molar-refractivity contribution in [1.29, 1.82) is 0 Å². The van der Waals surface area contributed by atoms with E-state index in [4.69, 9.17) is 37.0 Å². The third-order valence-corrected chi connectivity index (χ3v) is 18.8. The van der Waals surface area contributed by atoms with Crippen molar-refractivity contribution in [1.82, 2.24) is 0 Å². The third kappa shape index (κ3) is 62.0. The van der Waals surface area contributed by atoms with Crippen LogP contribution in [0.5, 0.6) is 0 Å². The van der Waals surface area contributed by atoms with Crippen molar-refractivity contribution in [3.05, 3.63) is 0 Å². The first-order valence-electron chi connectivity index (χ1n) is 36.4. The number of hydrogen-bond acceptors (Lipinski definition) is 15. The Morgan fingerprint density at radius 1 is 0.326 bits per heavy atom. The number of aliphatic hydroxyl groups excluding tert-OH is 1. The molecular formula is C70H136O17P2. The zero-order valence-electron chi connectivity index (χ0n) is 57.9. The van der Waals surface area contributed by atoms with Gasteiger partial charge in [-0.15, -0.1) is 0 Å². The Hall–Kier alpha value is -1.94. The van der Waals surface area contributed by atoms with Crippen LogP contribution in [-0.4, -0.2) is 96.7 Å². The summed E-state index contributed by atoms with van der Waals surface area (Å²) in [6, 6.07) is 0. The number of phosphoric ester groups is 2. The van der Waals surface area contributed by atoms with Crippen LogP contribution in [0.3, 0.4) is 0 Å². The van der Waals surface area contributed by atoms with E-state index >= 15 is 0 Å². The fourth-order valence-electron chi connectivity index (χ4n) is 10.5. The summed E-state index contributed by atoms with van der Waals surface area (Å²) < 4.78 is 68.2. The number of ether oxygens (including phenoxy) is 4. The van der Waals surface area contributed by atoms with Crippen LogP contribution >= 0.6 is 15.6 Å². The van der Waals surface area contributed by atoms with E-state index in [-0.39, 0.29) is 25.7 Å². The maximum atomic E-state index is 13.0. The third-order valence-electron chi connectivity index (χ3n) is 16.9. The van der Waals surface area contributed by atoms with Crippen molar-refractivity contribution >= 4 is 39.5 Å². The summed E-state index contributed by atoms with van der Waals surface area (Å²) in [5, 5.41) is 10.6. The van der Waals surface area contributed by atoms with Gasteiger partial charge in [-0.3, -0.25) is 37.3 Å². The summed E-state index contributed by atoms with van der Waals surface area (Å²) in [7, 11) is -9.90. The van der Waals surface area contributed by atoms with Crippen LogP contribution in [0.1, 0.15) is 350 Å². The smallest absolute Gasteiger partial charge is 0.462 e. The minimum atomic E-state index is -4.95. The molecule has 0 aromatic heterocycles. The maximum absolute atomic E-state index is 13.0. The summed E-state index contributed by atoms with van der Waals surface area (Å²) >= 11 is 0. The first-order valence-corrected chi connectivity index (χ1v) is 39.4. The molecule has 0 radical (unpaired) electrons. The van der Waals surface area contributed by atoms with E-state index in [0.717, 1.165) is 114 Å². The fourth-order valence-corrected chi connectivity index (χ4v) is 12.1. The van der Waals surface area contributed by atoms with Crippen LogP contribution in [0.4, 0.5) is 0 Å². The number of aliphatic hydroxyl groups is 1. The standard InChI is InChI=1S/C70H136O17P2/c1-8-11-12-13-14-15-16-17-18-19-20-21-22-25-29-39-46-53-69(74)86-65(57-80-67(72)51-44-37-28-26-23-24-27-34-41-48-61(4)5)59-84-88(76,77)82-55-64(71)56-83-89(78,79)85-60-66(87-70(75)54-47-40-33-31-36-43-50-63(7)10-3)58-81-68(73)52-45-38-32-30-35-42-49-62(6)9-2/h61-66,71H,8-60H2,1-7H3,(H,76,77)(H,78,79)/t62?,63?,64-,65-,66-/m1/s1. The molecule has 0 amide bonds. The Morgan fingerprint density at radius 3 is 0.854 bits per heavy atom. The first-order chi connectivity index (χ1) is 42.8. The second-order valence-electron chi connectivity index (χ2n) is 26.2. The van der Waals surface area contributed by atoms with Gasteiger partial charge in [-0.05, 0) is 43.4 Å². The highest BCUT2D eigenvalue weighted by Crippen LogP contribution is 2.45. The topological polar surface area (TPSA) is 237 Å². The molecule has 0 heterocycles. The van der Waals surface area contributed by atoms with Crippen LogP contribution in [0.25, 0.3) is 0 Å². The van der Waals surface area contributed by atoms with Crippen molar-refractivity contribution in [2.24, 2.45) is 17.8 Å². The van der Waals surface area contributed by atoms with E-state index < -0.39 is 97.5 Å². The molecule has 89 heavy (non-hydrogen) atoms. The molecule has 4 unspecified atom stereocenters. The Bertz CT molecular complexity index is 1750. The van der Waals surface area contributed by atoms with E-state index in [0.29, 0.717) is 25.7 Å². The van der Waals surface area contributed by atoms with Gasteiger partial charge in [0, 0.05) is 25.7 Å². The normalized spacial score (nSPS) is 14.8. The van der Waals surface area contributed by atoms with Gasteiger partial charge in [0.25, 0.3) is 0 Å². The number of rotatable bonds is 68. The molecule has 19 heteroatoms. The van der Waals surface area contributed by atoms with Gasteiger partial charge in [0.15, 0.2) is 12.2 Å². The zero-order chi connectivity index (χ0) is 65.9. The predicted molar refractivity (Wildman–Crippen MR) is 358 cm³/mol. The Kier molecular flexibility index (Phi) is 59.6. The number of hydrogen-bond donors (Lipinski definition) is 3. The molecule has 0 spiro atoms. The Labute approximate surface area is 543 Å². The lowest BCUT2D eigenvalue weighted by molar-refractivity contribution is -0.161. The van der Waals surface area contributed by atoms with Crippen LogP contribution in [0, 0.1) is 17.8 Å². The quantitative estimate of drug-likeness (QED) is 0.0222. The Balaban J connectivity index is 5.24. The summed E-state index contributed by atoms with van der Waals surface area (Å²) in [6.07, 6.45) is 44.5. The monoisotopic (exact) mass is 1310 g/mol. The van der Waals surface area contributed by atoms with Crippen molar-refractivity contribution in [3.63, 3.8) is 0 Å². The van der Waals surface area contributed by atoms with Gasteiger partial charge in [-0.1, -0.05) is 299 Å². The molecule has 0 rings (SSSR count). The van der Waals surface area contributed by atoms with Gasteiger partial charge in [-0.2, -0.15) is 0 Å². The van der Waals surface area contributed by atoms with Gasteiger partial charge >= 0.3 is 39.5 Å². The number of esters is 4. The van der Waals surface area contributed by atoms with Crippen LogP contribution in [0.15, 0.2) is 0 Å². The molecular weight excluding hydrogens is 1170 g/mol. The summed E-state index contributed by atoms with van der Waals surface area (Å²) in [4.78, 5) is 72.5. The molecule has 0 aromatic rings. The minimum absolute atomic E-state index is 0.102. The van der Waals surface area contributed by atoms with Crippen molar-refractivity contribution in [2.45, 2.75) is 369 Å². The largest absolute Gasteiger partial charge is 0.472 e. The van der Waals surface area contributed by atoms with Gasteiger partial charge < -0.3 is 33.8 Å². The summed E-state index contributed by atoms with van der Waals surface area (Å²) in [6.45, 7) is 11.7. The molecule has 0 aliphatic heterocycles. The van der Waals surface area contributed by atoms with Crippen molar-refractivity contribution < 1.29 is 80.2 Å². The molecule has 7 atom stereocenters. The molecule has 3 N–H and O–H groups in total. The lowest BCUT2D eigenvalue weighted by Crippen LogP contribution is -2.30. The van der Waals surface area contributed by atoms with E-state index in [2.05, 4.69) is 48.5 Å². The highest BCUT2D eigenvalue weighted by atomic mass is 31.2. The fraction of sp³-hybridized carbons (Fsp3) is 0.943. The maximum Gasteiger partial charge on any atom is 0.472 e. The molecule has 0 saturated heterocycles. The molecule has 17 nitrogen and oxygen atoms in total. The molecule has 0 aromatic carbocycles. The predicted octanol–water partition coefficient (Wildman–Crippen LogP) is 19.8. The van der Waals surface area contributed by atoms with Gasteiger partial charge in [0.1, 0.15) is 19.3 Å². The number of phosphoric acid groups is 2. The highest BCUT2D eigenvalue weighted by molar-refractivity contribution is 7.47. The lowest BCUT2D eigenvalue weighted by atomic mass is 10.00. The lowest BCUT2D eigenvalue weighted by Gasteiger charge is -2.21. The van der Waals surface area contributed by atoms with E-state index in [1.54, 1.807) is 0 Å². The minimum Gasteiger partial charge on any atom is -0.462 e. The molecule has 0 aliphatic carbocycles. The molecule has 0 fully saturated rings. The van der Waals surface area contributed by atoms with E-state index in [1.165, 1.54) is 154 Å². The molecule has 0 saturated carbocycles. The molecule has 0 bridgehead atoms. The average Bonchev–Trinajstić information content (AvgIpc) is 3.64. The number of unbranched alkanes of at least 4 members (excludes halogenated alkanes) is 34. The van der Waals surface area contributed by atoms with Gasteiger partial charge in [0.05, 0.1) is 26.4 Å². The summed E-state index contributed by atoms with van der Waals surface area (Å²) in [5.74, 6) is 0.0645. The number of carbonyl (C=O) groups excluding carboxylic acids is 4. The SMILES string of the molecule is CCCCCCCCCCCCCCCCCCCC(=O)O[C@H](COC(=O)CCCCCCCCCCCC(C)C)COP(=O)(O)OC[C@@H](O)COP(=O)(O)OC[C@@H](COC(=O)CCCCCCCCC(C)CC)OC(=O)CCCCCCCCC(C)CC. The van der Waals surface area contributed by atoms with Crippen LogP contribution in [0.2, 0.25) is 0 Å². The van der Waals surface area contributed by atoms with Gasteiger partial charge in [0.2, 0.25) is 0 Å². The average molecular weight is 1310 g/mol.